The van der Waals surface area contributed by atoms with Gasteiger partial charge in [-0.2, -0.15) is 9.50 Å². The lowest BCUT2D eigenvalue weighted by molar-refractivity contribution is 0.544. The minimum Gasteiger partial charge on any atom is -0.275 e. The van der Waals surface area contributed by atoms with Gasteiger partial charge in [0.2, 0.25) is 0 Å². The Morgan fingerprint density at radius 3 is 2.60 bits per heavy atom. The number of H-pyrrole nitrogens is 1. The van der Waals surface area contributed by atoms with Gasteiger partial charge in [-0.3, -0.25) is 9.89 Å². The molecule has 0 spiro atoms. The normalized spacial score (nSPS) is 12.3. The van der Waals surface area contributed by atoms with E-state index in [2.05, 4.69) is 15.1 Å². The molecular formula is C10H14N4O. The second-order valence-corrected chi connectivity index (χ2v) is 4.69. The molecule has 0 bridgehead atoms. The Morgan fingerprint density at radius 2 is 2.00 bits per heavy atom. The Hall–Kier alpha value is -1.65. The van der Waals surface area contributed by atoms with E-state index in [1.807, 2.05) is 20.8 Å². The van der Waals surface area contributed by atoms with Crippen LogP contribution in [-0.4, -0.2) is 19.6 Å². The van der Waals surface area contributed by atoms with E-state index in [0.29, 0.717) is 11.5 Å². The van der Waals surface area contributed by atoms with Crippen LogP contribution >= 0.6 is 0 Å². The molecule has 2 aromatic heterocycles. The molecule has 0 aliphatic rings. The first-order valence-electron chi connectivity index (χ1n) is 4.85. The summed E-state index contributed by atoms with van der Waals surface area (Å²) in [6, 6.07) is 1.48. The van der Waals surface area contributed by atoms with Gasteiger partial charge in [-0.25, -0.2) is 4.98 Å². The number of fused-ring (bicyclic) bond motifs is 1. The van der Waals surface area contributed by atoms with Gasteiger partial charge < -0.3 is 0 Å². The highest BCUT2D eigenvalue weighted by Crippen LogP contribution is 2.17. The average molecular weight is 206 g/mol. The summed E-state index contributed by atoms with van der Waals surface area (Å²) >= 11 is 0. The molecule has 0 saturated heterocycles. The van der Waals surface area contributed by atoms with Crippen LogP contribution in [0.2, 0.25) is 0 Å². The molecule has 5 heteroatoms. The Labute approximate surface area is 87.2 Å². The molecule has 0 fully saturated rings. The minimum atomic E-state index is -0.125. The lowest BCUT2D eigenvalue weighted by atomic mass is 9.96. The van der Waals surface area contributed by atoms with Crippen LogP contribution in [0, 0.1) is 6.92 Å². The standard InChI is InChI=1S/C10H14N4O/c1-6-5-7(15)14-9(11-6)12-8(13-14)10(2,3)4/h5H,1-4H3,(H,11,12,13). The number of nitrogens with zero attached hydrogens (tertiary/aromatic N) is 3. The van der Waals surface area contributed by atoms with Crippen molar-refractivity contribution >= 4 is 5.78 Å². The van der Waals surface area contributed by atoms with Gasteiger partial charge in [0.25, 0.3) is 11.3 Å². The average Bonchev–Trinajstić information content (AvgIpc) is 2.46. The predicted octanol–water partition coefficient (Wildman–Crippen LogP) is 1.02. The maximum absolute atomic E-state index is 11.6. The highest BCUT2D eigenvalue weighted by Gasteiger charge is 2.19. The Bertz CT molecular complexity index is 559. The topological polar surface area (TPSA) is 63.0 Å². The molecule has 0 atom stereocenters. The molecule has 0 amide bonds. The van der Waals surface area contributed by atoms with E-state index >= 15 is 0 Å². The van der Waals surface area contributed by atoms with Crippen LogP contribution < -0.4 is 5.56 Å². The molecule has 0 aromatic carbocycles. The molecule has 80 valence electrons. The predicted molar refractivity (Wildman–Crippen MR) is 57.0 cm³/mol. The summed E-state index contributed by atoms with van der Waals surface area (Å²) in [6.45, 7) is 7.88. The van der Waals surface area contributed by atoms with Crippen LogP contribution in [0.4, 0.5) is 0 Å². The number of aromatic amines is 1. The van der Waals surface area contributed by atoms with Crippen LogP contribution in [0.3, 0.4) is 0 Å². The fraction of sp³-hybridized carbons (Fsp3) is 0.500. The Morgan fingerprint density at radius 1 is 1.33 bits per heavy atom. The first-order valence-corrected chi connectivity index (χ1v) is 4.85. The third-order valence-corrected chi connectivity index (χ3v) is 2.17. The van der Waals surface area contributed by atoms with Gasteiger partial charge in [-0.05, 0) is 6.92 Å². The van der Waals surface area contributed by atoms with E-state index in [0.717, 1.165) is 5.82 Å². The molecule has 2 aromatic rings. The zero-order valence-electron chi connectivity index (χ0n) is 9.33. The second-order valence-electron chi connectivity index (χ2n) is 4.69. The molecule has 2 heterocycles. The van der Waals surface area contributed by atoms with Crippen LogP contribution in [-0.2, 0) is 5.41 Å². The highest BCUT2D eigenvalue weighted by atomic mass is 16.1. The first-order chi connectivity index (χ1) is 6.88. The maximum atomic E-state index is 11.6. The summed E-state index contributed by atoms with van der Waals surface area (Å²) in [5.74, 6) is 1.20. The second kappa shape index (κ2) is 2.92. The molecular weight excluding hydrogens is 192 g/mol. The molecule has 0 unspecified atom stereocenters. The van der Waals surface area contributed by atoms with Crippen molar-refractivity contribution in [3.05, 3.63) is 27.9 Å². The monoisotopic (exact) mass is 206 g/mol. The third kappa shape index (κ3) is 1.65. The zero-order valence-corrected chi connectivity index (χ0v) is 9.33. The van der Waals surface area contributed by atoms with Crippen molar-refractivity contribution < 1.29 is 0 Å². The Kier molecular flexibility index (Phi) is 1.92. The van der Waals surface area contributed by atoms with Crippen LogP contribution in [0.1, 0.15) is 32.3 Å². The van der Waals surface area contributed by atoms with Gasteiger partial charge in [0.1, 0.15) is 5.82 Å². The fourth-order valence-electron chi connectivity index (χ4n) is 1.33. The molecule has 1 N–H and O–H groups in total. The lowest BCUT2D eigenvalue weighted by Crippen LogP contribution is -2.17. The molecule has 0 aliphatic heterocycles. The van der Waals surface area contributed by atoms with Crippen molar-refractivity contribution in [3.63, 3.8) is 0 Å². The largest absolute Gasteiger partial charge is 0.275 e. The van der Waals surface area contributed by atoms with Crippen molar-refractivity contribution in [1.29, 1.82) is 0 Å². The fourth-order valence-corrected chi connectivity index (χ4v) is 1.33. The number of aryl methyl sites for hydroxylation is 1. The van der Waals surface area contributed by atoms with Gasteiger partial charge in [-0.1, -0.05) is 20.8 Å². The summed E-state index contributed by atoms with van der Waals surface area (Å²) in [5.41, 5.74) is 0.445. The van der Waals surface area contributed by atoms with Crippen LogP contribution in [0.5, 0.6) is 0 Å². The summed E-state index contributed by atoms with van der Waals surface area (Å²) in [6.07, 6.45) is 0. The van der Waals surface area contributed by atoms with Crippen LogP contribution in [0.15, 0.2) is 10.9 Å². The van der Waals surface area contributed by atoms with E-state index < -0.39 is 0 Å². The lowest BCUT2D eigenvalue weighted by Gasteiger charge is -2.12. The van der Waals surface area contributed by atoms with E-state index in [4.69, 9.17) is 0 Å². The number of hydrogen-bond donors (Lipinski definition) is 1. The number of hydrogen-bond acceptors (Lipinski definition) is 3. The van der Waals surface area contributed by atoms with E-state index in [1.165, 1.54) is 10.6 Å². The highest BCUT2D eigenvalue weighted by molar-refractivity contribution is 5.29. The summed E-state index contributed by atoms with van der Waals surface area (Å²) in [4.78, 5) is 20.1. The molecule has 0 aliphatic carbocycles. The molecule has 0 radical (unpaired) electrons. The van der Waals surface area contributed by atoms with Crippen molar-refractivity contribution in [2.45, 2.75) is 33.1 Å². The molecule has 2 rings (SSSR count). The van der Waals surface area contributed by atoms with E-state index in [1.54, 1.807) is 6.92 Å². The first kappa shape index (κ1) is 9.89. The molecule has 0 saturated carbocycles. The summed E-state index contributed by atoms with van der Waals surface area (Å²) < 4.78 is 1.37. The quantitative estimate of drug-likeness (QED) is 0.700. The van der Waals surface area contributed by atoms with E-state index in [9.17, 15) is 4.79 Å². The zero-order chi connectivity index (χ0) is 11.2. The van der Waals surface area contributed by atoms with Crippen molar-refractivity contribution in [2.24, 2.45) is 0 Å². The SMILES string of the molecule is Cc1cc(=O)n2[nH]c(C(C)(C)C)nc2n1. The van der Waals surface area contributed by atoms with Gasteiger partial charge >= 0.3 is 0 Å². The van der Waals surface area contributed by atoms with Crippen LogP contribution in [0.25, 0.3) is 5.78 Å². The van der Waals surface area contributed by atoms with Gasteiger partial charge in [0.05, 0.1) is 0 Å². The van der Waals surface area contributed by atoms with Crippen molar-refractivity contribution in [3.8, 4) is 0 Å². The smallest absolute Gasteiger partial charge is 0.274 e. The third-order valence-electron chi connectivity index (χ3n) is 2.17. The van der Waals surface area contributed by atoms with Gasteiger partial charge in [0, 0.05) is 17.2 Å². The molecule has 5 nitrogen and oxygen atoms in total. The number of aromatic nitrogens is 4. The minimum absolute atomic E-state index is 0.117. The number of nitrogens with one attached hydrogen (secondary N) is 1. The summed E-state index contributed by atoms with van der Waals surface area (Å²) in [7, 11) is 0. The Balaban J connectivity index is 2.77. The van der Waals surface area contributed by atoms with E-state index in [-0.39, 0.29) is 11.0 Å². The van der Waals surface area contributed by atoms with Crippen molar-refractivity contribution in [1.82, 2.24) is 19.6 Å². The molecule has 15 heavy (non-hydrogen) atoms. The van der Waals surface area contributed by atoms with Crippen molar-refractivity contribution in [2.75, 3.05) is 0 Å². The van der Waals surface area contributed by atoms with Gasteiger partial charge in [-0.15, -0.1) is 0 Å². The number of rotatable bonds is 0. The van der Waals surface area contributed by atoms with Gasteiger partial charge in [0.15, 0.2) is 0 Å². The summed E-state index contributed by atoms with van der Waals surface area (Å²) in [5, 5.41) is 2.96. The maximum Gasteiger partial charge on any atom is 0.274 e.